The van der Waals surface area contributed by atoms with Gasteiger partial charge in [0.05, 0.1) is 0 Å². The van der Waals surface area contributed by atoms with Gasteiger partial charge in [0.1, 0.15) is 0 Å². The fourth-order valence-corrected chi connectivity index (χ4v) is 3.58. The van der Waals surface area contributed by atoms with Crippen molar-refractivity contribution in [3.8, 4) is 0 Å². The number of hydrogen-bond acceptors (Lipinski definition) is 2. The van der Waals surface area contributed by atoms with Crippen LogP contribution in [-0.4, -0.2) is 13.1 Å². The Balaban J connectivity index is 1.75. The number of para-hydroxylation sites is 2. The lowest BCUT2D eigenvalue weighted by Crippen LogP contribution is -2.29. The molecule has 3 aromatic rings. The number of hydrogen-bond donors (Lipinski definition) is 0. The van der Waals surface area contributed by atoms with E-state index in [9.17, 15) is 0 Å². The largest absolute Gasteiger partial charge is 0.371 e. The van der Waals surface area contributed by atoms with Crippen LogP contribution in [0.3, 0.4) is 0 Å². The van der Waals surface area contributed by atoms with Gasteiger partial charge in [-0.3, -0.25) is 0 Å². The summed E-state index contributed by atoms with van der Waals surface area (Å²) in [5.74, 6) is 0. The fourth-order valence-electron chi connectivity index (χ4n) is 3.58. The summed E-state index contributed by atoms with van der Waals surface area (Å²) in [6, 6.07) is 30.1. The maximum atomic E-state index is 2.52. The van der Waals surface area contributed by atoms with Gasteiger partial charge >= 0.3 is 0 Å². The summed E-state index contributed by atoms with van der Waals surface area (Å²) in [7, 11) is 0. The van der Waals surface area contributed by atoms with Crippen molar-refractivity contribution >= 4 is 22.7 Å². The maximum absolute atomic E-state index is 2.52. The molecular weight excluding hydrogens is 304 g/mol. The van der Waals surface area contributed by atoms with Gasteiger partial charge in [-0.2, -0.15) is 0 Å². The quantitative estimate of drug-likeness (QED) is 0.567. The third-order valence-electron chi connectivity index (χ3n) is 4.84. The summed E-state index contributed by atoms with van der Waals surface area (Å²) >= 11 is 0. The number of piperidine rings is 1. The van der Waals surface area contributed by atoms with E-state index in [0.29, 0.717) is 0 Å². The zero-order valence-electron chi connectivity index (χ0n) is 14.5. The average Bonchev–Trinajstić information content (AvgIpc) is 2.71. The number of nitrogens with zero attached hydrogens (tertiary/aromatic N) is 2. The molecule has 0 aliphatic carbocycles. The molecule has 0 radical (unpaired) electrons. The molecule has 0 spiro atoms. The predicted octanol–water partition coefficient (Wildman–Crippen LogP) is 6.15. The summed E-state index contributed by atoms with van der Waals surface area (Å²) in [5.41, 5.74) is 4.91. The van der Waals surface area contributed by atoms with Crippen LogP contribution in [0.1, 0.15) is 19.3 Å². The summed E-state index contributed by atoms with van der Waals surface area (Å²) in [6.07, 6.45) is 3.95. The monoisotopic (exact) mass is 328 g/mol. The van der Waals surface area contributed by atoms with Crippen molar-refractivity contribution in [2.75, 3.05) is 22.9 Å². The number of anilines is 4. The molecule has 2 nitrogen and oxygen atoms in total. The standard InChI is InChI=1S/C23H24N2/c1-4-11-20(12-5-1)25(21-13-6-2-7-14-21)23-16-10-15-22(19-23)24-17-8-3-9-18-24/h1-2,4-7,10-16,19H,3,8-9,17-18H2. The third kappa shape index (κ3) is 3.53. The highest BCUT2D eigenvalue weighted by Crippen LogP contribution is 2.36. The molecule has 4 rings (SSSR count). The first-order valence-electron chi connectivity index (χ1n) is 9.17. The SMILES string of the molecule is c1ccc(N(c2ccccc2)c2cccc(N3CCCCC3)c2)cc1. The Hall–Kier alpha value is -2.74. The van der Waals surface area contributed by atoms with Crippen molar-refractivity contribution in [2.24, 2.45) is 0 Å². The van der Waals surface area contributed by atoms with Crippen LogP contribution in [0.5, 0.6) is 0 Å². The molecule has 0 saturated carbocycles. The third-order valence-corrected chi connectivity index (χ3v) is 4.84. The van der Waals surface area contributed by atoms with Crippen molar-refractivity contribution in [2.45, 2.75) is 19.3 Å². The van der Waals surface area contributed by atoms with E-state index in [1.807, 2.05) is 0 Å². The van der Waals surface area contributed by atoms with Crippen molar-refractivity contribution in [3.63, 3.8) is 0 Å². The van der Waals surface area contributed by atoms with Gasteiger partial charge in [-0.25, -0.2) is 0 Å². The molecule has 1 heterocycles. The van der Waals surface area contributed by atoms with Gasteiger partial charge in [-0.1, -0.05) is 42.5 Å². The van der Waals surface area contributed by atoms with Crippen LogP contribution in [0.2, 0.25) is 0 Å². The fraction of sp³-hybridized carbons (Fsp3) is 0.217. The zero-order valence-corrected chi connectivity index (χ0v) is 14.5. The van der Waals surface area contributed by atoms with E-state index >= 15 is 0 Å². The number of rotatable bonds is 4. The average molecular weight is 328 g/mol. The lowest BCUT2D eigenvalue weighted by molar-refractivity contribution is 0.578. The molecule has 0 N–H and O–H groups in total. The molecule has 126 valence electrons. The van der Waals surface area contributed by atoms with Crippen molar-refractivity contribution in [1.82, 2.24) is 0 Å². The van der Waals surface area contributed by atoms with Gasteiger partial charge in [0, 0.05) is 35.8 Å². The Labute approximate surface area is 150 Å². The molecule has 2 heteroatoms. The summed E-state index contributed by atoms with van der Waals surface area (Å²) in [6.45, 7) is 2.33. The summed E-state index contributed by atoms with van der Waals surface area (Å²) in [4.78, 5) is 4.84. The number of benzene rings is 3. The Kier molecular flexibility index (Phi) is 4.69. The van der Waals surface area contributed by atoms with Gasteiger partial charge in [0.25, 0.3) is 0 Å². The molecule has 0 amide bonds. The molecule has 1 saturated heterocycles. The minimum absolute atomic E-state index is 1.17. The van der Waals surface area contributed by atoms with Crippen molar-refractivity contribution in [1.29, 1.82) is 0 Å². The van der Waals surface area contributed by atoms with Crippen LogP contribution < -0.4 is 9.80 Å². The minimum Gasteiger partial charge on any atom is -0.371 e. The molecule has 3 aromatic carbocycles. The maximum Gasteiger partial charge on any atom is 0.0482 e. The van der Waals surface area contributed by atoms with E-state index in [1.54, 1.807) is 0 Å². The first-order valence-corrected chi connectivity index (χ1v) is 9.17. The topological polar surface area (TPSA) is 6.48 Å². The summed E-state index contributed by atoms with van der Waals surface area (Å²) < 4.78 is 0. The summed E-state index contributed by atoms with van der Waals surface area (Å²) in [5, 5.41) is 0. The zero-order chi connectivity index (χ0) is 16.9. The van der Waals surface area contributed by atoms with Gasteiger partial charge in [0.2, 0.25) is 0 Å². The van der Waals surface area contributed by atoms with Crippen molar-refractivity contribution < 1.29 is 0 Å². The second-order valence-corrected chi connectivity index (χ2v) is 6.57. The Morgan fingerprint density at radius 2 is 1.12 bits per heavy atom. The second-order valence-electron chi connectivity index (χ2n) is 6.57. The van der Waals surface area contributed by atoms with E-state index in [1.165, 1.54) is 55.1 Å². The van der Waals surface area contributed by atoms with Crippen LogP contribution in [0.25, 0.3) is 0 Å². The van der Waals surface area contributed by atoms with Crippen molar-refractivity contribution in [3.05, 3.63) is 84.9 Å². The van der Waals surface area contributed by atoms with Crippen LogP contribution in [-0.2, 0) is 0 Å². The highest BCUT2D eigenvalue weighted by molar-refractivity contribution is 5.78. The highest BCUT2D eigenvalue weighted by atomic mass is 15.2. The van der Waals surface area contributed by atoms with Gasteiger partial charge in [-0.15, -0.1) is 0 Å². The first kappa shape index (κ1) is 15.8. The molecule has 0 atom stereocenters. The van der Waals surface area contributed by atoms with E-state index in [4.69, 9.17) is 0 Å². The van der Waals surface area contributed by atoms with E-state index in [-0.39, 0.29) is 0 Å². The first-order chi connectivity index (χ1) is 12.4. The Bertz CT molecular complexity index is 753. The molecular formula is C23H24N2. The molecule has 1 aliphatic rings. The Morgan fingerprint density at radius 1 is 0.560 bits per heavy atom. The molecule has 0 unspecified atom stereocenters. The molecule has 0 aromatic heterocycles. The smallest absolute Gasteiger partial charge is 0.0482 e. The molecule has 25 heavy (non-hydrogen) atoms. The Morgan fingerprint density at radius 3 is 1.72 bits per heavy atom. The van der Waals surface area contributed by atoms with E-state index < -0.39 is 0 Å². The van der Waals surface area contributed by atoms with Gasteiger partial charge < -0.3 is 9.80 Å². The van der Waals surface area contributed by atoms with E-state index in [0.717, 1.165) is 0 Å². The lowest BCUT2D eigenvalue weighted by Gasteiger charge is -2.31. The second kappa shape index (κ2) is 7.43. The van der Waals surface area contributed by atoms with Gasteiger partial charge in [-0.05, 0) is 61.7 Å². The van der Waals surface area contributed by atoms with Crippen LogP contribution in [0.15, 0.2) is 84.9 Å². The van der Waals surface area contributed by atoms with Crippen LogP contribution >= 0.6 is 0 Å². The molecule has 0 bridgehead atoms. The normalized spacial score (nSPS) is 14.3. The molecule has 1 fully saturated rings. The minimum atomic E-state index is 1.17. The van der Waals surface area contributed by atoms with Crippen LogP contribution in [0.4, 0.5) is 22.7 Å². The lowest BCUT2D eigenvalue weighted by atomic mass is 10.1. The predicted molar refractivity (Wildman–Crippen MR) is 107 cm³/mol. The highest BCUT2D eigenvalue weighted by Gasteiger charge is 2.15. The van der Waals surface area contributed by atoms with E-state index in [2.05, 4.69) is 94.7 Å². The van der Waals surface area contributed by atoms with Gasteiger partial charge in [0.15, 0.2) is 0 Å². The van der Waals surface area contributed by atoms with Crippen LogP contribution in [0, 0.1) is 0 Å². The molecule has 1 aliphatic heterocycles.